The normalized spacial score (nSPS) is 14.9. The Labute approximate surface area is 193 Å². The standard InChI is InChI=1S/C25H26N2O5S/c1-18-10-11-23(19(2)16-18)33(30,31)27-14-12-26(13-15-27)24(28)17-32-25(29)22-9-5-7-20-6-3-4-8-21(20)22/h3-11,16H,12-15,17H2,1-2H3. The summed E-state index contributed by atoms with van der Waals surface area (Å²) in [5, 5.41) is 1.68. The van der Waals surface area contributed by atoms with E-state index in [1.807, 2.05) is 43.3 Å². The minimum atomic E-state index is -3.63. The summed E-state index contributed by atoms with van der Waals surface area (Å²) in [6, 6.07) is 18.1. The van der Waals surface area contributed by atoms with Gasteiger partial charge in [0.1, 0.15) is 0 Å². The molecule has 1 aliphatic heterocycles. The fraction of sp³-hybridized carbons (Fsp3) is 0.280. The van der Waals surface area contributed by atoms with Gasteiger partial charge in [-0.3, -0.25) is 4.79 Å². The molecule has 3 aromatic carbocycles. The molecule has 0 atom stereocenters. The quantitative estimate of drug-likeness (QED) is 0.540. The Morgan fingerprint density at radius 3 is 2.33 bits per heavy atom. The highest BCUT2D eigenvalue weighted by Crippen LogP contribution is 2.22. The van der Waals surface area contributed by atoms with E-state index in [1.54, 1.807) is 31.2 Å². The zero-order valence-electron chi connectivity index (χ0n) is 18.7. The molecule has 33 heavy (non-hydrogen) atoms. The van der Waals surface area contributed by atoms with E-state index < -0.39 is 16.0 Å². The van der Waals surface area contributed by atoms with Crippen LogP contribution in [0.5, 0.6) is 0 Å². The molecule has 3 aromatic rings. The number of hydrogen-bond acceptors (Lipinski definition) is 5. The summed E-state index contributed by atoms with van der Waals surface area (Å²) in [5.41, 5.74) is 2.11. The lowest BCUT2D eigenvalue weighted by molar-refractivity contribution is -0.135. The van der Waals surface area contributed by atoms with Crippen LogP contribution in [0.25, 0.3) is 10.8 Å². The minimum absolute atomic E-state index is 0.193. The fourth-order valence-electron chi connectivity index (χ4n) is 4.11. The van der Waals surface area contributed by atoms with Gasteiger partial charge in [-0.2, -0.15) is 4.31 Å². The van der Waals surface area contributed by atoms with E-state index in [1.165, 1.54) is 9.21 Å². The van der Waals surface area contributed by atoms with Gasteiger partial charge in [-0.05, 0) is 42.3 Å². The number of carbonyl (C=O) groups is 2. The summed E-state index contributed by atoms with van der Waals surface area (Å²) in [7, 11) is -3.63. The van der Waals surface area contributed by atoms with Crippen LogP contribution < -0.4 is 0 Å². The van der Waals surface area contributed by atoms with E-state index in [0.717, 1.165) is 16.3 Å². The van der Waals surface area contributed by atoms with E-state index >= 15 is 0 Å². The third-order valence-electron chi connectivity index (χ3n) is 5.88. The van der Waals surface area contributed by atoms with E-state index in [9.17, 15) is 18.0 Å². The number of amides is 1. The summed E-state index contributed by atoms with van der Waals surface area (Å²) in [6.45, 7) is 4.19. The lowest BCUT2D eigenvalue weighted by atomic mass is 10.1. The topological polar surface area (TPSA) is 84.0 Å². The molecular weight excluding hydrogens is 440 g/mol. The van der Waals surface area contributed by atoms with Crippen LogP contribution in [0.15, 0.2) is 65.6 Å². The maximum Gasteiger partial charge on any atom is 0.339 e. The number of aryl methyl sites for hydroxylation is 2. The van der Waals surface area contributed by atoms with Gasteiger partial charge in [0, 0.05) is 26.2 Å². The van der Waals surface area contributed by atoms with Crippen molar-refractivity contribution in [1.82, 2.24) is 9.21 Å². The monoisotopic (exact) mass is 466 g/mol. The van der Waals surface area contributed by atoms with Crippen molar-refractivity contribution in [2.24, 2.45) is 0 Å². The third-order valence-corrected chi connectivity index (χ3v) is 7.93. The van der Waals surface area contributed by atoms with E-state index in [4.69, 9.17) is 4.74 Å². The van der Waals surface area contributed by atoms with Crippen molar-refractivity contribution in [3.8, 4) is 0 Å². The molecule has 1 fully saturated rings. The van der Waals surface area contributed by atoms with Crippen molar-refractivity contribution in [2.45, 2.75) is 18.7 Å². The van der Waals surface area contributed by atoms with Crippen molar-refractivity contribution in [3.63, 3.8) is 0 Å². The highest BCUT2D eigenvalue weighted by Gasteiger charge is 2.31. The number of ether oxygens (including phenoxy) is 1. The van der Waals surface area contributed by atoms with Gasteiger partial charge < -0.3 is 9.64 Å². The average molecular weight is 467 g/mol. The Balaban J connectivity index is 1.35. The number of rotatable bonds is 5. The second-order valence-electron chi connectivity index (χ2n) is 8.16. The number of carbonyl (C=O) groups excluding carboxylic acids is 2. The smallest absolute Gasteiger partial charge is 0.339 e. The number of hydrogen-bond donors (Lipinski definition) is 0. The van der Waals surface area contributed by atoms with Gasteiger partial charge in [-0.15, -0.1) is 0 Å². The number of esters is 1. The Bertz CT molecular complexity index is 1310. The third kappa shape index (κ3) is 4.77. The second-order valence-corrected chi connectivity index (χ2v) is 10.1. The first-order valence-electron chi connectivity index (χ1n) is 10.8. The maximum atomic E-state index is 13.0. The van der Waals surface area contributed by atoms with Gasteiger partial charge in [0.25, 0.3) is 5.91 Å². The molecular formula is C25H26N2O5S. The van der Waals surface area contributed by atoms with Gasteiger partial charge >= 0.3 is 5.97 Å². The molecule has 0 aromatic heterocycles. The van der Waals surface area contributed by atoms with Gasteiger partial charge in [0.2, 0.25) is 10.0 Å². The molecule has 1 heterocycles. The molecule has 0 radical (unpaired) electrons. The van der Waals surface area contributed by atoms with Gasteiger partial charge in [0.05, 0.1) is 10.5 Å². The first-order chi connectivity index (χ1) is 15.8. The zero-order valence-corrected chi connectivity index (χ0v) is 19.5. The fourth-order valence-corrected chi connectivity index (χ4v) is 5.73. The summed E-state index contributed by atoms with van der Waals surface area (Å²) in [4.78, 5) is 27.0. The average Bonchev–Trinajstić information content (AvgIpc) is 2.81. The van der Waals surface area contributed by atoms with Crippen molar-refractivity contribution < 1.29 is 22.7 Å². The molecule has 172 valence electrons. The molecule has 0 saturated carbocycles. The first kappa shape index (κ1) is 22.9. The maximum absolute atomic E-state index is 13.0. The van der Waals surface area contributed by atoms with Crippen LogP contribution >= 0.6 is 0 Å². The van der Waals surface area contributed by atoms with Crippen LogP contribution in [-0.2, 0) is 19.6 Å². The number of fused-ring (bicyclic) bond motifs is 1. The minimum Gasteiger partial charge on any atom is -0.452 e. The number of nitrogens with zero attached hydrogens (tertiary/aromatic N) is 2. The SMILES string of the molecule is Cc1ccc(S(=O)(=O)N2CCN(C(=O)COC(=O)c3cccc4ccccc34)CC2)c(C)c1. The summed E-state index contributed by atoms with van der Waals surface area (Å²) < 4.78 is 32.7. The molecule has 7 nitrogen and oxygen atoms in total. The summed E-state index contributed by atoms with van der Waals surface area (Å²) >= 11 is 0. The van der Waals surface area contributed by atoms with E-state index in [0.29, 0.717) is 11.1 Å². The predicted molar refractivity (Wildman–Crippen MR) is 125 cm³/mol. The molecule has 1 aliphatic rings. The second kappa shape index (κ2) is 9.33. The van der Waals surface area contributed by atoms with Crippen LogP contribution in [0.3, 0.4) is 0 Å². The molecule has 0 bridgehead atoms. The zero-order chi connectivity index (χ0) is 23.6. The molecule has 1 amide bonds. The number of piperazine rings is 1. The Morgan fingerprint density at radius 1 is 0.909 bits per heavy atom. The lowest BCUT2D eigenvalue weighted by Crippen LogP contribution is -2.51. The van der Waals surface area contributed by atoms with Crippen LogP contribution in [-0.4, -0.2) is 62.3 Å². The molecule has 0 aliphatic carbocycles. The summed E-state index contributed by atoms with van der Waals surface area (Å²) in [6.07, 6.45) is 0. The Kier molecular flexibility index (Phi) is 6.49. The predicted octanol–water partition coefficient (Wildman–Crippen LogP) is 3.15. The van der Waals surface area contributed by atoms with Gasteiger partial charge in [-0.25, -0.2) is 13.2 Å². The van der Waals surface area contributed by atoms with E-state index in [2.05, 4.69) is 0 Å². The summed E-state index contributed by atoms with van der Waals surface area (Å²) in [5.74, 6) is -0.900. The highest BCUT2D eigenvalue weighted by molar-refractivity contribution is 7.89. The van der Waals surface area contributed by atoms with Crippen LogP contribution in [0.4, 0.5) is 0 Å². The highest BCUT2D eigenvalue weighted by atomic mass is 32.2. The molecule has 8 heteroatoms. The molecule has 0 N–H and O–H groups in total. The molecule has 1 saturated heterocycles. The van der Waals surface area contributed by atoms with Crippen molar-refractivity contribution >= 4 is 32.7 Å². The Morgan fingerprint density at radius 2 is 1.61 bits per heavy atom. The number of benzene rings is 3. The van der Waals surface area contributed by atoms with E-state index in [-0.39, 0.29) is 43.6 Å². The van der Waals surface area contributed by atoms with Crippen LogP contribution in [0, 0.1) is 13.8 Å². The molecule has 4 rings (SSSR count). The van der Waals surface area contributed by atoms with Crippen LogP contribution in [0.2, 0.25) is 0 Å². The van der Waals surface area contributed by atoms with Crippen LogP contribution in [0.1, 0.15) is 21.5 Å². The van der Waals surface area contributed by atoms with Gasteiger partial charge in [0.15, 0.2) is 6.61 Å². The molecule has 0 unspecified atom stereocenters. The van der Waals surface area contributed by atoms with Gasteiger partial charge in [-0.1, -0.05) is 54.1 Å². The van der Waals surface area contributed by atoms with Crippen molar-refractivity contribution in [1.29, 1.82) is 0 Å². The Hall–Kier alpha value is -3.23. The van der Waals surface area contributed by atoms with Crippen molar-refractivity contribution in [2.75, 3.05) is 32.8 Å². The largest absolute Gasteiger partial charge is 0.452 e. The first-order valence-corrected chi connectivity index (χ1v) is 12.2. The number of sulfonamides is 1. The van der Waals surface area contributed by atoms with Crippen molar-refractivity contribution in [3.05, 3.63) is 77.4 Å². The molecule has 0 spiro atoms. The lowest BCUT2D eigenvalue weighted by Gasteiger charge is -2.34.